The summed E-state index contributed by atoms with van der Waals surface area (Å²) in [5.74, 6) is 0.748. The highest BCUT2D eigenvalue weighted by atomic mass is 16.6. The molecule has 0 spiro atoms. The molecule has 0 amide bonds. The number of aliphatic hydroxyl groups is 1. The number of fused-ring (bicyclic) bond motifs is 1. The molecule has 82 valence electrons. The van der Waals surface area contributed by atoms with Crippen LogP contribution in [0.25, 0.3) is 0 Å². The number of nitrogens with zero attached hydrogens (tertiary/aromatic N) is 1. The Hall–Kier alpha value is -1.22. The van der Waals surface area contributed by atoms with Crippen LogP contribution in [0.5, 0.6) is 5.75 Å². The summed E-state index contributed by atoms with van der Waals surface area (Å²) in [5.41, 5.74) is 2.31. The first kappa shape index (κ1) is 10.3. The van der Waals surface area contributed by atoms with Crippen molar-refractivity contribution in [2.75, 3.05) is 11.9 Å². The Labute approximate surface area is 90.3 Å². The van der Waals surface area contributed by atoms with Gasteiger partial charge in [-0.05, 0) is 23.1 Å². The molecule has 0 saturated carbocycles. The molecule has 0 unspecified atom stereocenters. The maximum Gasteiger partial charge on any atom is 0.281 e. The van der Waals surface area contributed by atoms with E-state index in [0.717, 1.165) is 11.4 Å². The molecule has 3 heteroatoms. The zero-order valence-corrected chi connectivity index (χ0v) is 9.61. The van der Waals surface area contributed by atoms with E-state index in [0.29, 0.717) is 0 Å². The molecule has 15 heavy (non-hydrogen) atoms. The second-order valence-electron chi connectivity index (χ2n) is 4.99. The molecule has 1 atom stereocenters. The van der Waals surface area contributed by atoms with E-state index in [1.54, 1.807) is 4.90 Å². The van der Waals surface area contributed by atoms with E-state index in [9.17, 15) is 5.11 Å². The van der Waals surface area contributed by atoms with Crippen molar-refractivity contribution in [3.05, 3.63) is 23.8 Å². The predicted octanol–water partition coefficient (Wildman–Crippen LogP) is 2.09. The lowest BCUT2D eigenvalue weighted by molar-refractivity contribution is 0.000985. The third-order valence-electron chi connectivity index (χ3n) is 2.77. The molecule has 1 aliphatic rings. The summed E-state index contributed by atoms with van der Waals surface area (Å²) in [4.78, 5) is 1.73. The van der Waals surface area contributed by atoms with Gasteiger partial charge < -0.3 is 14.7 Å². The first-order chi connectivity index (χ1) is 6.89. The number of ether oxygens (including phenoxy) is 1. The Morgan fingerprint density at radius 3 is 2.60 bits per heavy atom. The van der Waals surface area contributed by atoms with Crippen molar-refractivity contribution < 1.29 is 9.84 Å². The average Bonchev–Trinajstić information content (AvgIpc) is 2.41. The summed E-state index contributed by atoms with van der Waals surface area (Å²) >= 11 is 0. The molecule has 1 N–H and O–H groups in total. The average molecular weight is 207 g/mol. The van der Waals surface area contributed by atoms with Gasteiger partial charge in [-0.2, -0.15) is 0 Å². The van der Waals surface area contributed by atoms with E-state index in [1.165, 1.54) is 5.56 Å². The molecule has 0 saturated heterocycles. The van der Waals surface area contributed by atoms with Gasteiger partial charge in [-0.1, -0.05) is 26.8 Å². The molecular formula is C12H17NO2. The van der Waals surface area contributed by atoms with Crippen LogP contribution in [0.3, 0.4) is 0 Å². The summed E-state index contributed by atoms with van der Waals surface area (Å²) < 4.78 is 5.27. The summed E-state index contributed by atoms with van der Waals surface area (Å²) in [6, 6.07) is 6.04. The lowest BCUT2D eigenvalue weighted by Crippen LogP contribution is -2.30. The second-order valence-corrected chi connectivity index (χ2v) is 4.99. The van der Waals surface area contributed by atoms with Gasteiger partial charge in [0.15, 0.2) is 0 Å². The lowest BCUT2D eigenvalue weighted by Gasteiger charge is -2.20. The molecule has 1 aromatic carbocycles. The van der Waals surface area contributed by atoms with Crippen molar-refractivity contribution in [1.82, 2.24) is 0 Å². The standard InChI is InChI=1S/C12H17NO2/c1-12(2,3)8-5-6-10-9(7-8)13(4)11(14)15-10/h5-7,11,14H,1-4H3/t11-/m0/s1. The largest absolute Gasteiger partial charge is 0.445 e. The van der Waals surface area contributed by atoms with Crippen molar-refractivity contribution >= 4 is 5.69 Å². The maximum atomic E-state index is 9.52. The number of anilines is 1. The van der Waals surface area contributed by atoms with Crippen molar-refractivity contribution in [3.63, 3.8) is 0 Å². The molecule has 0 fully saturated rings. The minimum atomic E-state index is -0.852. The maximum absolute atomic E-state index is 9.52. The van der Waals surface area contributed by atoms with E-state index < -0.39 is 6.41 Å². The Bertz CT molecular complexity index is 382. The van der Waals surface area contributed by atoms with Crippen LogP contribution in [-0.2, 0) is 5.41 Å². The molecule has 2 rings (SSSR count). The van der Waals surface area contributed by atoms with Crippen molar-refractivity contribution in [2.45, 2.75) is 32.6 Å². The molecule has 0 aromatic heterocycles. The minimum Gasteiger partial charge on any atom is -0.445 e. The second kappa shape index (κ2) is 3.14. The van der Waals surface area contributed by atoms with Crippen LogP contribution in [0.15, 0.2) is 18.2 Å². The summed E-state index contributed by atoms with van der Waals surface area (Å²) in [6.45, 7) is 6.50. The van der Waals surface area contributed by atoms with Gasteiger partial charge in [-0.3, -0.25) is 0 Å². The number of rotatable bonds is 0. The van der Waals surface area contributed by atoms with Crippen molar-refractivity contribution in [3.8, 4) is 5.75 Å². The summed E-state index contributed by atoms with van der Waals surface area (Å²) in [5, 5.41) is 9.52. The van der Waals surface area contributed by atoms with E-state index in [2.05, 4.69) is 26.8 Å². The molecule has 1 aromatic rings. The molecule has 0 aliphatic carbocycles. The van der Waals surface area contributed by atoms with Crippen molar-refractivity contribution in [1.29, 1.82) is 0 Å². The molecule has 1 heterocycles. The predicted molar refractivity (Wildman–Crippen MR) is 60.2 cm³/mol. The highest BCUT2D eigenvalue weighted by Crippen LogP contribution is 2.38. The Balaban J connectivity index is 2.44. The highest BCUT2D eigenvalue weighted by molar-refractivity contribution is 5.63. The van der Waals surface area contributed by atoms with Crippen molar-refractivity contribution in [2.24, 2.45) is 0 Å². The van der Waals surface area contributed by atoms with Gasteiger partial charge in [-0.25, -0.2) is 0 Å². The molecular weight excluding hydrogens is 190 g/mol. The fraction of sp³-hybridized carbons (Fsp3) is 0.500. The normalized spacial score (nSPS) is 20.1. The summed E-state index contributed by atoms with van der Waals surface area (Å²) in [6.07, 6.45) is -0.852. The monoisotopic (exact) mass is 207 g/mol. The van der Waals surface area contributed by atoms with Crippen LogP contribution < -0.4 is 9.64 Å². The van der Waals surface area contributed by atoms with Crippen LogP contribution in [0, 0.1) is 0 Å². The topological polar surface area (TPSA) is 32.7 Å². The fourth-order valence-electron chi connectivity index (χ4n) is 1.67. The summed E-state index contributed by atoms with van der Waals surface area (Å²) in [7, 11) is 1.82. The van der Waals surface area contributed by atoms with Gasteiger partial charge in [0.05, 0.1) is 5.69 Å². The van der Waals surface area contributed by atoms with Gasteiger partial charge in [0, 0.05) is 7.05 Å². The van der Waals surface area contributed by atoms with Gasteiger partial charge in [0.1, 0.15) is 5.75 Å². The van der Waals surface area contributed by atoms with Gasteiger partial charge >= 0.3 is 0 Å². The smallest absolute Gasteiger partial charge is 0.281 e. The molecule has 0 bridgehead atoms. The zero-order valence-electron chi connectivity index (χ0n) is 9.61. The number of hydrogen-bond donors (Lipinski definition) is 1. The van der Waals surface area contributed by atoms with E-state index in [-0.39, 0.29) is 5.41 Å². The van der Waals surface area contributed by atoms with Crippen LogP contribution >= 0.6 is 0 Å². The zero-order chi connectivity index (χ0) is 11.2. The van der Waals surface area contributed by atoms with E-state index >= 15 is 0 Å². The highest BCUT2D eigenvalue weighted by Gasteiger charge is 2.27. The van der Waals surface area contributed by atoms with Gasteiger partial charge in [0.2, 0.25) is 0 Å². The molecule has 0 radical (unpaired) electrons. The number of hydrogen-bond acceptors (Lipinski definition) is 3. The molecule has 3 nitrogen and oxygen atoms in total. The third-order valence-corrected chi connectivity index (χ3v) is 2.77. The Morgan fingerprint density at radius 1 is 1.33 bits per heavy atom. The Morgan fingerprint density at radius 2 is 2.00 bits per heavy atom. The van der Waals surface area contributed by atoms with Gasteiger partial charge in [0.25, 0.3) is 6.41 Å². The van der Waals surface area contributed by atoms with Crippen LogP contribution in [0.2, 0.25) is 0 Å². The third kappa shape index (κ3) is 1.67. The number of aliphatic hydroxyl groups excluding tert-OH is 1. The first-order valence-corrected chi connectivity index (χ1v) is 5.12. The van der Waals surface area contributed by atoms with E-state index in [1.807, 2.05) is 19.2 Å². The quantitative estimate of drug-likeness (QED) is 0.707. The number of benzene rings is 1. The molecule has 1 aliphatic heterocycles. The van der Waals surface area contributed by atoms with Crippen LogP contribution in [0.4, 0.5) is 5.69 Å². The van der Waals surface area contributed by atoms with Crippen LogP contribution in [-0.4, -0.2) is 18.6 Å². The Kier molecular flexibility index (Phi) is 2.15. The van der Waals surface area contributed by atoms with Gasteiger partial charge in [-0.15, -0.1) is 0 Å². The SMILES string of the molecule is CN1c2cc(C(C)(C)C)ccc2O[C@@H]1O. The first-order valence-electron chi connectivity index (χ1n) is 5.12. The van der Waals surface area contributed by atoms with E-state index in [4.69, 9.17) is 4.74 Å². The minimum absolute atomic E-state index is 0.114. The fourth-order valence-corrected chi connectivity index (χ4v) is 1.67. The lowest BCUT2D eigenvalue weighted by atomic mass is 9.87. The van der Waals surface area contributed by atoms with Crippen LogP contribution in [0.1, 0.15) is 26.3 Å².